The molecule has 3 unspecified atom stereocenters. The van der Waals surface area contributed by atoms with E-state index in [4.69, 9.17) is 14.2 Å². The minimum Gasteiger partial charge on any atom is -0.497 e. The molecule has 0 saturated heterocycles. The minimum atomic E-state index is -0.995. The van der Waals surface area contributed by atoms with Crippen LogP contribution in [0.25, 0.3) is 0 Å². The Kier molecular flexibility index (Phi) is 7.08. The van der Waals surface area contributed by atoms with Gasteiger partial charge in [-0.3, -0.25) is 0 Å². The highest BCUT2D eigenvalue weighted by atomic mass is 16.6. The first-order valence-electron chi connectivity index (χ1n) is 9.77. The van der Waals surface area contributed by atoms with Gasteiger partial charge in [-0.2, -0.15) is 0 Å². The van der Waals surface area contributed by atoms with Crippen molar-refractivity contribution >= 4 is 0 Å². The molecule has 0 amide bonds. The molecule has 2 aromatic rings. The molecule has 1 aliphatic carbocycles. The number of rotatable bonds is 7. The molecule has 1 aliphatic rings. The van der Waals surface area contributed by atoms with Crippen molar-refractivity contribution in [2.75, 3.05) is 7.11 Å². The van der Waals surface area contributed by atoms with E-state index in [0.29, 0.717) is 13.2 Å². The van der Waals surface area contributed by atoms with Crippen molar-refractivity contribution in [2.45, 2.75) is 51.5 Å². The highest BCUT2D eigenvalue weighted by molar-refractivity contribution is 5.26. The Labute approximate surface area is 166 Å². The number of aliphatic hydroxyl groups is 2. The van der Waals surface area contributed by atoms with Crippen LogP contribution in [0.1, 0.15) is 25.0 Å². The van der Waals surface area contributed by atoms with Gasteiger partial charge in [0.15, 0.2) is 0 Å². The second-order valence-corrected chi connectivity index (χ2v) is 7.58. The van der Waals surface area contributed by atoms with Gasteiger partial charge in [-0.15, -0.1) is 0 Å². The van der Waals surface area contributed by atoms with Crippen molar-refractivity contribution in [3.8, 4) is 5.75 Å². The van der Waals surface area contributed by atoms with E-state index in [1.165, 1.54) is 0 Å². The molecule has 1 saturated carbocycles. The van der Waals surface area contributed by atoms with Crippen molar-refractivity contribution in [1.29, 1.82) is 0 Å². The highest BCUT2D eigenvalue weighted by Gasteiger charge is 2.47. The van der Waals surface area contributed by atoms with Crippen molar-refractivity contribution in [2.24, 2.45) is 11.8 Å². The summed E-state index contributed by atoms with van der Waals surface area (Å²) in [6.45, 7) is 4.74. The number of benzene rings is 2. The van der Waals surface area contributed by atoms with Gasteiger partial charge < -0.3 is 24.4 Å². The van der Waals surface area contributed by atoms with E-state index >= 15 is 0 Å². The lowest BCUT2D eigenvalue weighted by Crippen LogP contribution is -2.58. The third-order valence-corrected chi connectivity index (χ3v) is 5.78. The number of ether oxygens (including phenoxy) is 3. The molecule has 0 aromatic heterocycles. The molecule has 152 valence electrons. The maximum atomic E-state index is 10.7. The Morgan fingerprint density at radius 2 is 1.29 bits per heavy atom. The zero-order valence-corrected chi connectivity index (χ0v) is 16.7. The van der Waals surface area contributed by atoms with Crippen LogP contribution in [0.2, 0.25) is 0 Å². The molecule has 2 aromatic carbocycles. The van der Waals surface area contributed by atoms with Crippen LogP contribution in [0.4, 0.5) is 0 Å². The first kappa shape index (κ1) is 20.8. The lowest BCUT2D eigenvalue weighted by molar-refractivity contribution is -0.215. The summed E-state index contributed by atoms with van der Waals surface area (Å²) >= 11 is 0. The van der Waals surface area contributed by atoms with Gasteiger partial charge in [0.05, 0.1) is 32.5 Å². The maximum Gasteiger partial charge on any atom is 0.118 e. The Bertz CT molecular complexity index is 718. The summed E-state index contributed by atoms with van der Waals surface area (Å²) in [5.74, 6) is 0.739. The summed E-state index contributed by atoms with van der Waals surface area (Å²) in [7, 11) is 1.63. The smallest absolute Gasteiger partial charge is 0.118 e. The number of methoxy groups -OCH3 is 1. The van der Waals surface area contributed by atoms with Crippen LogP contribution in [0, 0.1) is 11.8 Å². The van der Waals surface area contributed by atoms with Gasteiger partial charge in [-0.05, 0) is 35.1 Å². The van der Waals surface area contributed by atoms with Gasteiger partial charge in [0.25, 0.3) is 0 Å². The number of aliphatic hydroxyl groups excluding tert-OH is 2. The summed E-state index contributed by atoms with van der Waals surface area (Å²) in [4.78, 5) is 0. The predicted molar refractivity (Wildman–Crippen MR) is 107 cm³/mol. The van der Waals surface area contributed by atoms with Crippen LogP contribution in [0.3, 0.4) is 0 Å². The normalized spacial score (nSPS) is 30.2. The van der Waals surface area contributed by atoms with Crippen molar-refractivity contribution in [3.05, 3.63) is 65.7 Å². The summed E-state index contributed by atoms with van der Waals surface area (Å²) in [6.07, 6.45) is -2.75. The van der Waals surface area contributed by atoms with Gasteiger partial charge in [-0.1, -0.05) is 56.3 Å². The third kappa shape index (κ3) is 4.73. The predicted octanol–water partition coefficient (Wildman–Crippen LogP) is 3.17. The summed E-state index contributed by atoms with van der Waals surface area (Å²) in [6, 6.07) is 17.5. The maximum absolute atomic E-state index is 10.7. The highest BCUT2D eigenvalue weighted by Crippen LogP contribution is 2.35. The van der Waals surface area contributed by atoms with Gasteiger partial charge in [-0.25, -0.2) is 0 Å². The van der Waals surface area contributed by atoms with Gasteiger partial charge in [0.1, 0.15) is 18.0 Å². The number of hydrogen-bond acceptors (Lipinski definition) is 5. The average molecular weight is 386 g/mol. The lowest BCUT2D eigenvalue weighted by atomic mass is 9.74. The molecule has 6 atom stereocenters. The van der Waals surface area contributed by atoms with E-state index in [1.54, 1.807) is 7.11 Å². The molecule has 5 heteroatoms. The monoisotopic (exact) mass is 386 g/mol. The van der Waals surface area contributed by atoms with E-state index in [1.807, 2.05) is 68.4 Å². The SMILES string of the molecule is COc1ccc(COC2C(OCc3ccccc3)[C@@H](C)C(C)[C@@H](O)[C@H]2O)cc1. The standard InChI is InChI=1S/C23H30O5/c1-15-16(2)22(27-13-17-7-5-4-6-8-17)23(21(25)20(15)24)28-14-18-9-11-19(26-3)12-10-18/h4-12,15-16,20-25H,13-14H2,1-3H3/t15?,16-,20+,21+,22?,23?/m0/s1. The summed E-state index contributed by atoms with van der Waals surface area (Å²) in [5, 5.41) is 21.1. The Hall–Kier alpha value is -1.92. The average Bonchev–Trinajstić information content (AvgIpc) is 2.74. The molecule has 0 heterocycles. The fourth-order valence-electron chi connectivity index (χ4n) is 3.73. The first-order chi connectivity index (χ1) is 13.5. The van der Waals surface area contributed by atoms with Crippen LogP contribution in [-0.4, -0.2) is 41.7 Å². The fraction of sp³-hybridized carbons (Fsp3) is 0.478. The Morgan fingerprint density at radius 3 is 1.89 bits per heavy atom. The second-order valence-electron chi connectivity index (χ2n) is 7.58. The van der Waals surface area contributed by atoms with Crippen molar-refractivity contribution < 1.29 is 24.4 Å². The Balaban J connectivity index is 1.70. The fourth-order valence-corrected chi connectivity index (χ4v) is 3.73. The summed E-state index contributed by atoms with van der Waals surface area (Å²) in [5.41, 5.74) is 2.03. The molecule has 28 heavy (non-hydrogen) atoms. The van der Waals surface area contributed by atoms with Crippen LogP contribution in [0.5, 0.6) is 5.75 Å². The van der Waals surface area contributed by atoms with Gasteiger partial charge >= 0.3 is 0 Å². The molecule has 0 radical (unpaired) electrons. The van der Waals surface area contributed by atoms with Crippen LogP contribution in [0.15, 0.2) is 54.6 Å². The van der Waals surface area contributed by atoms with Crippen molar-refractivity contribution in [1.82, 2.24) is 0 Å². The lowest BCUT2D eigenvalue weighted by Gasteiger charge is -2.45. The quantitative estimate of drug-likeness (QED) is 0.765. The molecular formula is C23H30O5. The van der Waals surface area contributed by atoms with E-state index in [-0.39, 0.29) is 17.9 Å². The molecule has 0 aliphatic heterocycles. The largest absolute Gasteiger partial charge is 0.497 e. The van der Waals surface area contributed by atoms with Gasteiger partial charge in [0, 0.05) is 0 Å². The first-order valence-corrected chi connectivity index (χ1v) is 9.77. The van der Waals surface area contributed by atoms with Crippen LogP contribution >= 0.6 is 0 Å². The van der Waals surface area contributed by atoms with Gasteiger partial charge in [0.2, 0.25) is 0 Å². The topological polar surface area (TPSA) is 68.2 Å². The molecule has 5 nitrogen and oxygen atoms in total. The second kappa shape index (κ2) is 9.52. The van der Waals surface area contributed by atoms with Crippen LogP contribution < -0.4 is 4.74 Å². The number of hydrogen-bond donors (Lipinski definition) is 2. The van der Waals surface area contributed by atoms with E-state index < -0.39 is 18.3 Å². The molecule has 0 bridgehead atoms. The zero-order chi connectivity index (χ0) is 20.1. The molecule has 2 N–H and O–H groups in total. The summed E-state index contributed by atoms with van der Waals surface area (Å²) < 4.78 is 17.4. The zero-order valence-electron chi connectivity index (χ0n) is 16.7. The molecule has 3 rings (SSSR count). The Morgan fingerprint density at radius 1 is 0.714 bits per heavy atom. The van der Waals surface area contributed by atoms with E-state index in [2.05, 4.69) is 0 Å². The minimum absolute atomic E-state index is 0.0444. The molecular weight excluding hydrogens is 356 g/mol. The van der Waals surface area contributed by atoms with E-state index in [0.717, 1.165) is 16.9 Å². The van der Waals surface area contributed by atoms with E-state index in [9.17, 15) is 10.2 Å². The molecule has 0 spiro atoms. The van der Waals surface area contributed by atoms with Crippen LogP contribution in [-0.2, 0) is 22.7 Å². The molecule has 1 fully saturated rings. The van der Waals surface area contributed by atoms with Crippen molar-refractivity contribution in [3.63, 3.8) is 0 Å². The third-order valence-electron chi connectivity index (χ3n) is 5.78.